The van der Waals surface area contributed by atoms with Crippen molar-refractivity contribution < 1.29 is 4.79 Å². The van der Waals surface area contributed by atoms with Gasteiger partial charge in [0, 0.05) is 50.3 Å². The van der Waals surface area contributed by atoms with Crippen LogP contribution in [0.25, 0.3) is 11.3 Å². The molecule has 3 aromatic rings. The minimum Gasteiger partial charge on any atom is -0.367 e. The van der Waals surface area contributed by atoms with Gasteiger partial charge in [0.15, 0.2) is 0 Å². The number of pyridine rings is 2. The van der Waals surface area contributed by atoms with E-state index in [2.05, 4.69) is 35.5 Å². The van der Waals surface area contributed by atoms with Crippen molar-refractivity contribution in [2.24, 2.45) is 0 Å². The van der Waals surface area contributed by atoms with Gasteiger partial charge in [-0.05, 0) is 18.2 Å². The molecule has 3 aromatic heterocycles. The lowest BCUT2D eigenvalue weighted by Crippen LogP contribution is -2.43. The lowest BCUT2D eigenvalue weighted by Gasteiger charge is -2.30. The van der Waals surface area contributed by atoms with Crippen LogP contribution in [-0.4, -0.2) is 52.0 Å². The van der Waals surface area contributed by atoms with Crippen molar-refractivity contribution in [1.29, 1.82) is 0 Å². The van der Waals surface area contributed by atoms with Crippen LogP contribution < -0.4 is 15.5 Å². The number of nitrogens with zero attached hydrogens (tertiary/aromatic N) is 5. The Kier molecular flexibility index (Phi) is 4.97. The van der Waals surface area contributed by atoms with E-state index in [0.29, 0.717) is 17.1 Å². The van der Waals surface area contributed by atoms with Gasteiger partial charge in [0.1, 0.15) is 12.0 Å². The van der Waals surface area contributed by atoms with Gasteiger partial charge in [-0.3, -0.25) is 9.78 Å². The average molecular weight is 361 g/mol. The van der Waals surface area contributed by atoms with Crippen LogP contribution in [0.4, 0.5) is 11.4 Å². The summed E-state index contributed by atoms with van der Waals surface area (Å²) in [7, 11) is 0. The molecule has 0 atom stereocenters. The highest BCUT2D eigenvalue weighted by molar-refractivity contribution is 6.04. The second-order valence-corrected chi connectivity index (χ2v) is 6.12. The van der Waals surface area contributed by atoms with Gasteiger partial charge in [0.2, 0.25) is 0 Å². The molecule has 27 heavy (non-hydrogen) atoms. The van der Waals surface area contributed by atoms with Crippen LogP contribution in [0.15, 0.2) is 55.4 Å². The number of hydrogen-bond acceptors (Lipinski definition) is 7. The average Bonchev–Trinajstić information content (AvgIpc) is 2.75. The molecule has 4 rings (SSSR count). The fourth-order valence-electron chi connectivity index (χ4n) is 3.00. The molecule has 1 amide bonds. The van der Waals surface area contributed by atoms with Crippen molar-refractivity contribution in [3.05, 3.63) is 61.1 Å². The van der Waals surface area contributed by atoms with E-state index in [4.69, 9.17) is 0 Å². The summed E-state index contributed by atoms with van der Waals surface area (Å²) in [5.41, 5.74) is 3.38. The van der Waals surface area contributed by atoms with E-state index in [9.17, 15) is 4.79 Å². The van der Waals surface area contributed by atoms with Crippen LogP contribution in [0.1, 0.15) is 10.5 Å². The lowest BCUT2D eigenvalue weighted by atomic mass is 10.2. The van der Waals surface area contributed by atoms with Gasteiger partial charge in [-0.15, -0.1) is 0 Å². The summed E-state index contributed by atoms with van der Waals surface area (Å²) in [5.74, 6) is -0.280. The Morgan fingerprint density at radius 1 is 1.04 bits per heavy atom. The van der Waals surface area contributed by atoms with E-state index in [1.54, 1.807) is 36.9 Å². The summed E-state index contributed by atoms with van der Waals surface area (Å²) in [5, 5.41) is 6.27. The van der Waals surface area contributed by atoms with Gasteiger partial charge in [-0.25, -0.2) is 15.0 Å². The number of carbonyl (C=O) groups excluding carboxylic acids is 1. The molecule has 0 bridgehead atoms. The Morgan fingerprint density at radius 2 is 1.85 bits per heavy atom. The molecule has 1 aliphatic rings. The predicted molar refractivity (Wildman–Crippen MR) is 103 cm³/mol. The number of nitrogens with one attached hydrogen (secondary N) is 2. The minimum absolute atomic E-state index is 0.280. The number of carbonyl (C=O) groups is 1. The third-order valence-corrected chi connectivity index (χ3v) is 4.34. The maximum Gasteiger partial charge on any atom is 0.274 e. The Bertz CT molecular complexity index is 926. The molecule has 0 radical (unpaired) electrons. The first kappa shape index (κ1) is 17.0. The van der Waals surface area contributed by atoms with Crippen molar-refractivity contribution in [2.45, 2.75) is 0 Å². The van der Waals surface area contributed by atoms with Crippen LogP contribution in [0, 0.1) is 0 Å². The predicted octanol–water partition coefficient (Wildman–Crippen LogP) is 1.60. The van der Waals surface area contributed by atoms with Gasteiger partial charge in [-0.1, -0.05) is 6.07 Å². The number of rotatable bonds is 4. The van der Waals surface area contributed by atoms with Crippen molar-refractivity contribution in [3.8, 4) is 11.3 Å². The van der Waals surface area contributed by atoms with E-state index in [1.807, 2.05) is 12.1 Å². The second kappa shape index (κ2) is 7.88. The first-order valence-corrected chi connectivity index (χ1v) is 8.75. The first-order valence-electron chi connectivity index (χ1n) is 8.75. The summed E-state index contributed by atoms with van der Waals surface area (Å²) in [4.78, 5) is 31.6. The molecule has 4 heterocycles. The van der Waals surface area contributed by atoms with E-state index in [1.165, 1.54) is 6.33 Å². The third-order valence-electron chi connectivity index (χ3n) is 4.34. The van der Waals surface area contributed by atoms with Crippen LogP contribution in [-0.2, 0) is 0 Å². The smallest absolute Gasteiger partial charge is 0.274 e. The van der Waals surface area contributed by atoms with Crippen LogP contribution in [0.5, 0.6) is 0 Å². The van der Waals surface area contributed by atoms with Crippen molar-refractivity contribution in [1.82, 2.24) is 25.3 Å². The summed E-state index contributed by atoms with van der Waals surface area (Å²) >= 11 is 0. The largest absolute Gasteiger partial charge is 0.367 e. The van der Waals surface area contributed by atoms with Crippen molar-refractivity contribution in [3.63, 3.8) is 0 Å². The van der Waals surface area contributed by atoms with E-state index in [-0.39, 0.29) is 5.91 Å². The highest BCUT2D eigenvalue weighted by Gasteiger charge is 2.17. The second-order valence-electron chi connectivity index (χ2n) is 6.12. The normalized spacial score (nSPS) is 14.0. The van der Waals surface area contributed by atoms with E-state index in [0.717, 1.165) is 37.4 Å². The molecule has 0 aromatic carbocycles. The number of aromatic nitrogens is 4. The minimum atomic E-state index is -0.280. The fraction of sp³-hybridized carbons (Fsp3) is 0.211. The maximum absolute atomic E-state index is 12.8. The number of piperazine rings is 1. The monoisotopic (exact) mass is 361 g/mol. The highest BCUT2D eigenvalue weighted by atomic mass is 16.1. The molecule has 0 spiro atoms. The van der Waals surface area contributed by atoms with E-state index >= 15 is 0 Å². The van der Waals surface area contributed by atoms with Crippen LogP contribution in [0.2, 0.25) is 0 Å². The molecule has 1 saturated heterocycles. The lowest BCUT2D eigenvalue weighted by molar-refractivity contribution is 0.102. The third kappa shape index (κ3) is 3.90. The van der Waals surface area contributed by atoms with Crippen molar-refractivity contribution in [2.75, 3.05) is 36.4 Å². The van der Waals surface area contributed by atoms with Crippen LogP contribution in [0.3, 0.4) is 0 Å². The molecule has 1 aliphatic heterocycles. The Morgan fingerprint density at radius 3 is 2.67 bits per heavy atom. The zero-order valence-corrected chi connectivity index (χ0v) is 14.7. The first-order chi connectivity index (χ1) is 13.3. The summed E-state index contributed by atoms with van der Waals surface area (Å²) in [6.07, 6.45) is 8.20. The topological polar surface area (TPSA) is 95.9 Å². The molecule has 0 aliphatic carbocycles. The van der Waals surface area contributed by atoms with Gasteiger partial charge in [0.05, 0.1) is 23.3 Å². The van der Waals surface area contributed by atoms with E-state index < -0.39 is 0 Å². The molecule has 2 N–H and O–H groups in total. The molecule has 0 saturated carbocycles. The SMILES string of the molecule is O=C(Nc1cnccc1N1CCNCC1)c1cccc(-c2cncnc2)n1. The standard InChI is InChI=1S/C19H19N7O/c27-19(16-3-1-2-15(24-16)14-10-22-13-23-11-14)25-17-12-21-5-4-18(17)26-8-6-20-7-9-26/h1-5,10-13,20H,6-9H2,(H,25,27). The number of hydrogen-bond donors (Lipinski definition) is 2. The Labute approximate surface area is 156 Å². The molecule has 1 fully saturated rings. The molecular formula is C19H19N7O. The van der Waals surface area contributed by atoms with Gasteiger partial charge in [-0.2, -0.15) is 0 Å². The zero-order chi connectivity index (χ0) is 18.5. The van der Waals surface area contributed by atoms with Gasteiger partial charge < -0.3 is 15.5 Å². The molecule has 0 unspecified atom stereocenters. The molecular weight excluding hydrogens is 342 g/mol. The molecule has 8 nitrogen and oxygen atoms in total. The number of amides is 1. The summed E-state index contributed by atoms with van der Waals surface area (Å²) < 4.78 is 0. The highest BCUT2D eigenvalue weighted by Crippen LogP contribution is 2.25. The van der Waals surface area contributed by atoms with Gasteiger partial charge >= 0.3 is 0 Å². The zero-order valence-electron chi connectivity index (χ0n) is 14.7. The fourth-order valence-corrected chi connectivity index (χ4v) is 3.00. The van der Waals surface area contributed by atoms with Crippen LogP contribution >= 0.6 is 0 Å². The molecule has 136 valence electrons. The molecule has 8 heteroatoms. The Balaban J connectivity index is 1.57. The maximum atomic E-state index is 12.8. The van der Waals surface area contributed by atoms with Crippen molar-refractivity contribution >= 4 is 17.3 Å². The summed E-state index contributed by atoms with van der Waals surface area (Å²) in [6.45, 7) is 3.60. The number of anilines is 2. The summed E-state index contributed by atoms with van der Waals surface area (Å²) in [6, 6.07) is 7.23. The quantitative estimate of drug-likeness (QED) is 0.728. The van der Waals surface area contributed by atoms with Gasteiger partial charge in [0.25, 0.3) is 5.91 Å². The Hall–Kier alpha value is -3.39.